The minimum Gasteiger partial charge on any atom is -0.396 e. The molecule has 0 aliphatic rings. The number of rotatable bonds is 10. The molecule has 0 aromatic heterocycles. The average molecular weight is 308 g/mol. The molecule has 0 bridgehead atoms. The first-order valence-corrected chi connectivity index (χ1v) is 5.94. The molecule has 5 N–H and O–H groups in total. The van der Waals surface area contributed by atoms with E-state index in [0.717, 1.165) is 0 Å². The fourth-order valence-corrected chi connectivity index (χ4v) is 2.43. The molecule has 122 valence electrons. The van der Waals surface area contributed by atoms with E-state index in [4.69, 9.17) is 0 Å². The van der Waals surface area contributed by atoms with E-state index >= 15 is 0 Å². The number of halogens is 4. The van der Waals surface area contributed by atoms with Crippen LogP contribution in [0.1, 0.15) is 0 Å². The lowest BCUT2D eigenvalue weighted by Gasteiger charge is -2.47. The van der Waals surface area contributed by atoms with Crippen LogP contribution in [0.4, 0.5) is 17.6 Å². The van der Waals surface area contributed by atoms with Gasteiger partial charge in [-0.25, -0.2) is 17.6 Å². The Hall–Kier alpha value is -0.480. The molecule has 5 nitrogen and oxygen atoms in total. The molecule has 0 radical (unpaired) electrons. The van der Waals surface area contributed by atoms with Gasteiger partial charge in [0.25, 0.3) is 0 Å². The van der Waals surface area contributed by atoms with Crippen molar-refractivity contribution in [3.8, 4) is 0 Å². The van der Waals surface area contributed by atoms with Gasteiger partial charge in [0, 0.05) is 5.92 Å². The summed E-state index contributed by atoms with van der Waals surface area (Å²) in [5.41, 5.74) is -2.54. The Labute approximate surface area is 113 Å². The van der Waals surface area contributed by atoms with Gasteiger partial charge in [-0.1, -0.05) is 0 Å². The van der Waals surface area contributed by atoms with Crippen molar-refractivity contribution in [2.75, 3.05) is 33.3 Å². The highest BCUT2D eigenvalue weighted by atomic mass is 19.1. The van der Waals surface area contributed by atoms with Crippen LogP contribution in [0.25, 0.3) is 0 Å². The molecule has 0 aliphatic carbocycles. The summed E-state index contributed by atoms with van der Waals surface area (Å²) in [6, 6.07) is 0. The highest BCUT2D eigenvalue weighted by Crippen LogP contribution is 2.40. The molecule has 0 amide bonds. The zero-order valence-electron chi connectivity index (χ0n) is 10.7. The number of hydrogen-bond acceptors (Lipinski definition) is 5. The van der Waals surface area contributed by atoms with Gasteiger partial charge >= 0.3 is 0 Å². The van der Waals surface area contributed by atoms with Crippen molar-refractivity contribution in [1.82, 2.24) is 0 Å². The normalized spacial score (nSPS) is 22.6. The van der Waals surface area contributed by atoms with Crippen molar-refractivity contribution in [2.45, 2.75) is 24.4 Å². The third-order valence-electron chi connectivity index (χ3n) is 3.57. The first kappa shape index (κ1) is 19.5. The molecule has 0 aromatic carbocycles. The van der Waals surface area contributed by atoms with Gasteiger partial charge in [-0.3, -0.25) is 0 Å². The van der Waals surface area contributed by atoms with Crippen molar-refractivity contribution >= 4 is 0 Å². The molecule has 0 rings (SSSR count). The molecule has 9 heteroatoms. The van der Waals surface area contributed by atoms with Crippen molar-refractivity contribution in [3.63, 3.8) is 0 Å². The van der Waals surface area contributed by atoms with Gasteiger partial charge in [0.2, 0.25) is 0 Å². The Balaban J connectivity index is 5.84. The van der Waals surface area contributed by atoms with Gasteiger partial charge in [-0.15, -0.1) is 0 Å². The fraction of sp³-hybridized carbons (Fsp3) is 1.00. The predicted molar refractivity (Wildman–Crippen MR) is 60.9 cm³/mol. The highest BCUT2D eigenvalue weighted by Gasteiger charge is 2.55. The van der Waals surface area contributed by atoms with Gasteiger partial charge in [0.05, 0.1) is 36.4 Å². The molecule has 0 saturated carbocycles. The number of hydrogen-bond donors (Lipinski definition) is 5. The van der Waals surface area contributed by atoms with Crippen molar-refractivity contribution in [1.29, 1.82) is 0 Å². The van der Waals surface area contributed by atoms with Gasteiger partial charge < -0.3 is 25.5 Å². The third kappa shape index (κ3) is 3.59. The van der Waals surface area contributed by atoms with E-state index in [1.807, 2.05) is 0 Å². The SMILES string of the molecule is OCC(C(O)CF)(C(O)CF)C(C(O)CF)C(O)CF. The summed E-state index contributed by atoms with van der Waals surface area (Å²) in [7, 11) is 0. The fourth-order valence-electron chi connectivity index (χ4n) is 2.43. The van der Waals surface area contributed by atoms with E-state index in [1.165, 1.54) is 0 Å². The topological polar surface area (TPSA) is 101 Å². The van der Waals surface area contributed by atoms with Gasteiger partial charge in [-0.05, 0) is 0 Å². The van der Waals surface area contributed by atoms with Gasteiger partial charge in [-0.2, -0.15) is 0 Å². The number of alkyl halides is 4. The first-order valence-electron chi connectivity index (χ1n) is 5.94. The quantitative estimate of drug-likeness (QED) is 0.330. The van der Waals surface area contributed by atoms with Crippen LogP contribution < -0.4 is 0 Å². The van der Waals surface area contributed by atoms with E-state index in [-0.39, 0.29) is 0 Å². The van der Waals surface area contributed by atoms with Crippen LogP contribution in [0.5, 0.6) is 0 Å². The molecule has 0 fully saturated rings. The second kappa shape index (κ2) is 8.73. The Kier molecular flexibility index (Phi) is 8.52. The Morgan fingerprint density at radius 3 is 1.25 bits per heavy atom. The minimum atomic E-state index is -2.54. The largest absolute Gasteiger partial charge is 0.396 e. The van der Waals surface area contributed by atoms with Crippen LogP contribution in [0.3, 0.4) is 0 Å². The van der Waals surface area contributed by atoms with Crippen molar-refractivity contribution in [2.24, 2.45) is 11.3 Å². The van der Waals surface area contributed by atoms with Gasteiger partial charge in [0.1, 0.15) is 26.7 Å². The van der Waals surface area contributed by atoms with Crippen molar-refractivity contribution < 1.29 is 43.1 Å². The monoisotopic (exact) mass is 308 g/mol. The number of aliphatic hydroxyl groups is 5. The molecule has 4 atom stereocenters. The summed E-state index contributed by atoms with van der Waals surface area (Å²) in [6.07, 6.45) is -8.72. The van der Waals surface area contributed by atoms with Crippen LogP contribution in [0.2, 0.25) is 0 Å². The molecule has 4 unspecified atom stereocenters. The second-order valence-corrected chi connectivity index (χ2v) is 4.58. The molecular weight excluding hydrogens is 288 g/mol. The zero-order chi connectivity index (χ0) is 15.9. The van der Waals surface area contributed by atoms with Crippen LogP contribution in [0, 0.1) is 11.3 Å². The summed E-state index contributed by atoms with van der Waals surface area (Å²) in [4.78, 5) is 0. The summed E-state index contributed by atoms with van der Waals surface area (Å²) in [6.45, 7) is -7.50. The Morgan fingerprint density at radius 2 is 1.05 bits per heavy atom. The van der Waals surface area contributed by atoms with Gasteiger partial charge in [0.15, 0.2) is 0 Å². The molecular formula is C11H20F4O5. The van der Waals surface area contributed by atoms with E-state index in [9.17, 15) is 43.1 Å². The lowest BCUT2D eigenvalue weighted by molar-refractivity contribution is -0.195. The van der Waals surface area contributed by atoms with Crippen LogP contribution in [-0.4, -0.2) is 83.3 Å². The standard InChI is InChI=1S/C11H20F4O5/c12-1-6(17)10(7(18)2-13)11(5-16,8(19)3-14)9(20)4-15/h6-10,16-20H,1-5H2. The summed E-state index contributed by atoms with van der Waals surface area (Å²) in [5, 5.41) is 47.5. The summed E-state index contributed by atoms with van der Waals surface area (Å²) < 4.78 is 50.7. The van der Waals surface area contributed by atoms with E-state index in [0.29, 0.717) is 0 Å². The third-order valence-corrected chi connectivity index (χ3v) is 3.57. The highest BCUT2D eigenvalue weighted by molar-refractivity contribution is 5.02. The van der Waals surface area contributed by atoms with E-state index in [2.05, 4.69) is 0 Å². The summed E-state index contributed by atoms with van der Waals surface area (Å²) in [5.74, 6) is -2.00. The lowest BCUT2D eigenvalue weighted by atomic mass is 9.64. The average Bonchev–Trinajstić information content (AvgIpc) is 2.49. The first-order chi connectivity index (χ1) is 9.36. The van der Waals surface area contributed by atoms with E-state index in [1.54, 1.807) is 0 Å². The van der Waals surface area contributed by atoms with Crippen LogP contribution in [-0.2, 0) is 0 Å². The molecule has 20 heavy (non-hydrogen) atoms. The molecule has 0 aliphatic heterocycles. The maximum atomic E-state index is 12.7. The molecule has 0 spiro atoms. The predicted octanol–water partition coefficient (Wildman–Crippen LogP) is -1.10. The molecule has 0 heterocycles. The maximum absolute atomic E-state index is 12.7. The zero-order valence-corrected chi connectivity index (χ0v) is 10.7. The summed E-state index contributed by atoms with van der Waals surface area (Å²) >= 11 is 0. The second-order valence-electron chi connectivity index (χ2n) is 4.58. The van der Waals surface area contributed by atoms with E-state index < -0.39 is 69.1 Å². The molecule has 0 aromatic rings. The Morgan fingerprint density at radius 1 is 0.700 bits per heavy atom. The Bertz CT molecular complexity index is 251. The van der Waals surface area contributed by atoms with Crippen molar-refractivity contribution in [3.05, 3.63) is 0 Å². The molecule has 0 saturated heterocycles. The van der Waals surface area contributed by atoms with Crippen LogP contribution in [0.15, 0.2) is 0 Å². The number of aliphatic hydroxyl groups excluding tert-OH is 5. The maximum Gasteiger partial charge on any atom is 0.116 e. The van der Waals surface area contributed by atoms with Crippen LogP contribution >= 0.6 is 0 Å². The lowest BCUT2D eigenvalue weighted by Crippen LogP contribution is -2.61. The smallest absolute Gasteiger partial charge is 0.116 e. The minimum absolute atomic E-state index is 1.29.